The van der Waals surface area contributed by atoms with Crippen molar-refractivity contribution in [2.24, 2.45) is 0 Å². The average Bonchev–Trinajstić information content (AvgIpc) is 2.38. The number of alkyl halides is 3. The van der Waals surface area contributed by atoms with E-state index in [9.17, 15) is 17.6 Å². The Labute approximate surface area is 128 Å². The van der Waals surface area contributed by atoms with E-state index >= 15 is 0 Å². The standard InChI is InChI=1S/C15H12BrF4N/c1-9-2-4-11(15(18,19)20)6-14(9)21-8-10-3-5-12(16)7-13(10)17/h2-7,21H,8H2,1H3. The van der Waals surface area contributed by atoms with Gasteiger partial charge in [0.15, 0.2) is 0 Å². The molecule has 2 rings (SSSR count). The van der Waals surface area contributed by atoms with E-state index in [4.69, 9.17) is 0 Å². The Morgan fingerprint density at radius 1 is 1.10 bits per heavy atom. The molecule has 21 heavy (non-hydrogen) atoms. The maximum absolute atomic E-state index is 13.7. The summed E-state index contributed by atoms with van der Waals surface area (Å²) >= 11 is 3.15. The molecule has 0 aliphatic heterocycles. The third-order valence-corrected chi connectivity index (χ3v) is 3.54. The van der Waals surface area contributed by atoms with E-state index in [0.717, 1.165) is 12.1 Å². The first-order valence-corrected chi connectivity index (χ1v) is 6.92. The zero-order valence-electron chi connectivity index (χ0n) is 11.1. The Morgan fingerprint density at radius 2 is 1.81 bits per heavy atom. The van der Waals surface area contributed by atoms with Crippen LogP contribution in [0.1, 0.15) is 16.7 Å². The van der Waals surface area contributed by atoms with Gasteiger partial charge in [0.1, 0.15) is 5.82 Å². The van der Waals surface area contributed by atoms with Gasteiger partial charge >= 0.3 is 6.18 Å². The van der Waals surface area contributed by atoms with Gasteiger partial charge < -0.3 is 5.32 Å². The van der Waals surface area contributed by atoms with Gasteiger partial charge in [-0.1, -0.05) is 28.1 Å². The fourth-order valence-corrected chi connectivity index (χ4v) is 2.18. The van der Waals surface area contributed by atoms with Gasteiger partial charge in [-0.3, -0.25) is 0 Å². The number of aryl methyl sites for hydroxylation is 1. The maximum Gasteiger partial charge on any atom is 0.416 e. The number of nitrogens with one attached hydrogen (secondary N) is 1. The smallest absolute Gasteiger partial charge is 0.381 e. The van der Waals surface area contributed by atoms with Crippen LogP contribution in [0.3, 0.4) is 0 Å². The van der Waals surface area contributed by atoms with Crippen molar-refractivity contribution in [3.63, 3.8) is 0 Å². The molecule has 0 radical (unpaired) electrons. The van der Waals surface area contributed by atoms with Crippen LogP contribution in [-0.2, 0) is 12.7 Å². The second kappa shape index (κ2) is 6.05. The predicted molar refractivity (Wildman–Crippen MR) is 77.6 cm³/mol. The first kappa shape index (κ1) is 15.8. The lowest BCUT2D eigenvalue weighted by molar-refractivity contribution is -0.137. The highest BCUT2D eigenvalue weighted by molar-refractivity contribution is 9.10. The molecule has 0 unspecified atom stereocenters. The minimum Gasteiger partial charge on any atom is -0.381 e. The summed E-state index contributed by atoms with van der Waals surface area (Å²) in [5.41, 5.74) is 0.662. The predicted octanol–water partition coefficient (Wildman–Crippen LogP) is 5.53. The topological polar surface area (TPSA) is 12.0 Å². The van der Waals surface area contributed by atoms with Crippen molar-refractivity contribution >= 4 is 21.6 Å². The normalized spacial score (nSPS) is 11.5. The van der Waals surface area contributed by atoms with Crippen molar-refractivity contribution in [2.45, 2.75) is 19.6 Å². The van der Waals surface area contributed by atoms with E-state index in [1.807, 2.05) is 0 Å². The molecule has 0 atom stereocenters. The van der Waals surface area contributed by atoms with Crippen LogP contribution >= 0.6 is 15.9 Å². The first-order valence-electron chi connectivity index (χ1n) is 6.13. The van der Waals surface area contributed by atoms with E-state index in [-0.39, 0.29) is 6.54 Å². The molecule has 0 aliphatic carbocycles. The lowest BCUT2D eigenvalue weighted by Gasteiger charge is -2.13. The highest BCUT2D eigenvalue weighted by Crippen LogP contribution is 2.32. The number of hydrogen-bond acceptors (Lipinski definition) is 1. The van der Waals surface area contributed by atoms with E-state index in [2.05, 4.69) is 21.2 Å². The Kier molecular flexibility index (Phi) is 4.56. The lowest BCUT2D eigenvalue weighted by atomic mass is 10.1. The molecule has 1 nitrogen and oxygen atoms in total. The maximum atomic E-state index is 13.7. The minimum absolute atomic E-state index is 0.112. The van der Waals surface area contributed by atoms with Gasteiger partial charge in [0, 0.05) is 22.3 Å². The van der Waals surface area contributed by atoms with Crippen LogP contribution in [0, 0.1) is 12.7 Å². The summed E-state index contributed by atoms with van der Waals surface area (Å²) in [4.78, 5) is 0. The van der Waals surface area contributed by atoms with E-state index in [0.29, 0.717) is 21.3 Å². The molecule has 0 aliphatic rings. The molecule has 0 bridgehead atoms. The van der Waals surface area contributed by atoms with E-state index in [1.54, 1.807) is 19.1 Å². The number of hydrogen-bond donors (Lipinski definition) is 1. The molecule has 1 N–H and O–H groups in total. The third kappa shape index (κ3) is 3.97. The van der Waals surface area contributed by atoms with Crippen molar-refractivity contribution < 1.29 is 17.6 Å². The van der Waals surface area contributed by atoms with Gasteiger partial charge in [-0.05, 0) is 36.8 Å². The number of anilines is 1. The van der Waals surface area contributed by atoms with Crippen molar-refractivity contribution in [1.82, 2.24) is 0 Å². The Hall–Kier alpha value is -1.56. The lowest BCUT2D eigenvalue weighted by Crippen LogP contribution is -2.08. The van der Waals surface area contributed by atoms with Crippen LogP contribution < -0.4 is 5.32 Å². The van der Waals surface area contributed by atoms with Crippen LogP contribution in [0.4, 0.5) is 23.2 Å². The van der Waals surface area contributed by atoms with Gasteiger partial charge in [-0.25, -0.2) is 4.39 Å². The van der Waals surface area contributed by atoms with Gasteiger partial charge in [0.2, 0.25) is 0 Å². The summed E-state index contributed by atoms with van der Waals surface area (Å²) in [6, 6.07) is 8.03. The highest BCUT2D eigenvalue weighted by atomic mass is 79.9. The molecular formula is C15H12BrF4N. The second-order valence-electron chi connectivity index (χ2n) is 4.62. The first-order chi connectivity index (χ1) is 9.77. The molecular weight excluding hydrogens is 350 g/mol. The quantitative estimate of drug-likeness (QED) is 0.709. The van der Waals surface area contributed by atoms with Crippen LogP contribution in [0.15, 0.2) is 40.9 Å². The van der Waals surface area contributed by atoms with Gasteiger partial charge in [-0.15, -0.1) is 0 Å². The third-order valence-electron chi connectivity index (χ3n) is 3.05. The SMILES string of the molecule is Cc1ccc(C(F)(F)F)cc1NCc1ccc(Br)cc1F. The molecule has 0 saturated heterocycles. The Balaban J connectivity index is 2.19. The summed E-state index contributed by atoms with van der Waals surface area (Å²) in [6.07, 6.45) is -4.40. The van der Waals surface area contributed by atoms with E-state index < -0.39 is 17.6 Å². The van der Waals surface area contributed by atoms with Crippen molar-refractivity contribution in [3.05, 3.63) is 63.4 Å². The average molecular weight is 362 g/mol. The van der Waals surface area contributed by atoms with Gasteiger partial charge in [0.05, 0.1) is 5.56 Å². The van der Waals surface area contributed by atoms with Gasteiger partial charge in [0.25, 0.3) is 0 Å². The summed E-state index contributed by atoms with van der Waals surface area (Å²) in [6.45, 7) is 1.81. The molecule has 0 saturated carbocycles. The minimum atomic E-state index is -4.40. The summed E-state index contributed by atoms with van der Waals surface area (Å²) in [5, 5.41) is 2.85. The van der Waals surface area contributed by atoms with Crippen LogP contribution in [0.5, 0.6) is 0 Å². The van der Waals surface area contributed by atoms with Crippen LogP contribution in [-0.4, -0.2) is 0 Å². The van der Waals surface area contributed by atoms with Crippen LogP contribution in [0.2, 0.25) is 0 Å². The molecule has 2 aromatic carbocycles. The number of benzene rings is 2. The van der Waals surface area contributed by atoms with E-state index in [1.165, 1.54) is 12.1 Å². The number of halogens is 5. The van der Waals surface area contributed by atoms with Crippen molar-refractivity contribution in [1.29, 1.82) is 0 Å². The molecule has 0 spiro atoms. The molecule has 112 valence electrons. The zero-order chi connectivity index (χ0) is 15.6. The second-order valence-corrected chi connectivity index (χ2v) is 5.53. The molecule has 0 aromatic heterocycles. The van der Waals surface area contributed by atoms with Crippen molar-refractivity contribution in [3.8, 4) is 0 Å². The van der Waals surface area contributed by atoms with Crippen LogP contribution in [0.25, 0.3) is 0 Å². The molecule has 0 fully saturated rings. The summed E-state index contributed by atoms with van der Waals surface area (Å²) in [7, 11) is 0. The molecule has 2 aromatic rings. The zero-order valence-corrected chi connectivity index (χ0v) is 12.6. The fourth-order valence-electron chi connectivity index (χ4n) is 1.84. The monoisotopic (exact) mass is 361 g/mol. The Morgan fingerprint density at radius 3 is 2.43 bits per heavy atom. The Bertz CT molecular complexity index is 653. The fraction of sp³-hybridized carbons (Fsp3) is 0.200. The van der Waals surface area contributed by atoms with Crippen molar-refractivity contribution in [2.75, 3.05) is 5.32 Å². The molecule has 0 heterocycles. The summed E-state index contributed by atoms with van der Waals surface area (Å²) in [5.74, 6) is -0.415. The largest absolute Gasteiger partial charge is 0.416 e. The summed E-state index contributed by atoms with van der Waals surface area (Å²) < 4.78 is 52.3. The van der Waals surface area contributed by atoms with Gasteiger partial charge in [-0.2, -0.15) is 13.2 Å². The number of rotatable bonds is 3. The molecule has 0 amide bonds. The molecule has 6 heteroatoms. The highest BCUT2D eigenvalue weighted by Gasteiger charge is 2.30.